The molecule has 1 heterocycles. The van der Waals surface area contributed by atoms with Gasteiger partial charge in [-0.3, -0.25) is 4.57 Å². The van der Waals surface area contributed by atoms with E-state index in [0.717, 1.165) is 36.0 Å². The van der Waals surface area contributed by atoms with E-state index in [1.807, 2.05) is 44.2 Å². The predicted octanol–water partition coefficient (Wildman–Crippen LogP) is 4.27. The van der Waals surface area contributed by atoms with E-state index in [1.54, 1.807) is 11.7 Å². The molecule has 0 aliphatic heterocycles. The first-order valence-corrected chi connectivity index (χ1v) is 8.74. The van der Waals surface area contributed by atoms with Crippen molar-refractivity contribution in [3.05, 3.63) is 41.0 Å². The Bertz CT molecular complexity index is 791. The molecule has 2 aromatic rings. The lowest BCUT2D eigenvalue weighted by molar-refractivity contribution is 0.309. The third-order valence-electron chi connectivity index (χ3n) is 4.71. The normalized spacial score (nSPS) is 14.2. The molecule has 1 unspecified atom stereocenters. The highest BCUT2D eigenvalue weighted by molar-refractivity contribution is 5.66. The quantitative estimate of drug-likeness (QED) is 0.822. The zero-order valence-electron chi connectivity index (χ0n) is 15.0. The van der Waals surface area contributed by atoms with Gasteiger partial charge in [0.1, 0.15) is 0 Å². The number of nitrogens with zero attached hydrogens (tertiary/aromatic N) is 1. The Morgan fingerprint density at radius 1 is 1.16 bits per heavy atom. The molecule has 0 amide bonds. The molecule has 1 aromatic carbocycles. The minimum absolute atomic E-state index is 0.115. The Labute approximate surface area is 148 Å². The first kappa shape index (κ1) is 17.3. The van der Waals surface area contributed by atoms with Gasteiger partial charge < -0.3 is 19.7 Å². The van der Waals surface area contributed by atoms with Crippen molar-refractivity contribution in [3.63, 3.8) is 0 Å². The third kappa shape index (κ3) is 2.95. The predicted molar refractivity (Wildman–Crippen MR) is 97.7 cm³/mol. The van der Waals surface area contributed by atoms with Crippen molar-refractivity contribution in [2.75, 3.05) is 13.7 Å². The fraction of sp³-hybridized carbons (Fsp3) is 0.400. The van der Waals surface area contributed by atoms with E-state index in [2.05, 4.69) is 0 Å². The van der Waals surface area contributed by atoms with Gasteiger partial charge in [-0.1, -0.05) is 25.1 Å². The SMILES string of the molecule is CCOc1cc(C(CC)n2c(O)c3c(c2O)CCC=C3)ccc1OC. The van der Waals surface area contributed by atoms with E-state index >= 15 is 0 Å². The zero-order chi connectivity index (χ0) is 18.0. The molecule has 2 N–H and O–H groups in total. The molecule has 0 bridgehead atoms. The van der Waals surface area contributed by atoms with Gasteiger partial charge in [0, 0.05) is 11.1 Å². The summed E-state index contributed by atoms with van der Waals surface area (Å²) in [6.45, 7) is 4.49. The number of aromatic hydroxyl groups is 2. The summed E-state index contributed by atoms with van der Waals surface area (Å²) in [5, 5.41) is 21.4. The van der Waals surface area contributed by atoms with Crippen LogP contribution in [0.1, 0.15) is 49.4 Å². The number of allylic oxidation sites excluding steroid dienone is 1. The van der Waals surface area contributed by atoms with E-state index < -0.39 is 0 Å². The Hall–Kier alpha value is -2.56. The van der Waals surface area contributed by atoms with Crippen LogP contribution in [0.4, 0.5) is 0 Å². The summed E-state index contributed by atoms with van der Waals surface area (Å²) in [7, 11) is 1.61. The van der Waals surface area contributed by atoms with Crippen molar-refractivity contribution in [2.45, 2.75) is 39.2 Å². The molecule has 0 fully saturated rings. The minimum atomic E-state index is -0.191. The average molecular weight is 343 g/mol. The van der Waals surface area contributed by atoms with Crippen LogP contribution in [-0.2, 0) is 6.42 Å². The Kier molecular flexibility index (Phi) is 4.93. The smallest absolute Gasteiger partial charge is 0.202 e. The van der Waals surface area contributed by atoms with Gasteiger partial charge in [-0.25, -0.2) is 0 Å². The summed E-state index contributed by atoms with van der Waals surface area (Å²) in [6, 6.07) is 5.54. The summed E-state index contributed by atoms with van der Waals surface area (Å²) in [4.78, 5) is 0. The van der Waals surface area contributed by atoms with Crippen LogP contribution in [0, 0.1) is 0 Å². The fourth-order valence-electron chi connectivity index (χ4n) is 3.51. The van der Waals surface area contributed by atoms with Gasteiger partial charge in [0.25, 0.3) is 0 Å². The van der Waals surface area contributed by atoms with Gasteiger partial charge in [-0.15, -0.1) is 0 Å². The van der Waals surface area contributed by atoms with Gasteiger partial charge in [0.15, 0.2) is 17.4 Å². The van der Waals surface area contributed by atoms with Crippen molar-refractivity contribution >= 4 is 6.08 Å². The summed E-state index contributed by atoms with van der Waals surface area (Å²) < 4.78 is 12.6. The molecule has 0 radical (unpaired) electrons. The van der Waals surface area contributed by atoms with Crippen LogP contribution in [0.2, 0.25) is 0 Å². The van der Waals surface area contributed by atoms with Crippen LogP contribution in [0.25, 0.3) is 6.08 Å². The molecular formula is C20H25NO4. The van der Waals surface area contributed by atoms with Crippen LogP contribution >= 0.6 is 0 Å². The number of rotatable bonds is 6. The molecule has 134 valence electrons. The molecule has 5 heteroatoms. The Morgan fingerprint density at radius 3 is 2.60 bits per heavy atom. The van der Waals surface area contributed by atoms with Crippen molar-refractivity contribution < 1.29 is 19.7 Å². The summed E-state index contributed by atoms with van der Waals surface area (Å²) in [5.74, 6) is 1.60. The summed E-state index contributed by atoms with van der Waals surface area (Å²) >= 11 is 0. The highest BCUT2D eigenvalue weighted by Crippen LogP contribution is 2.43. The van der Waals surface area contributed by atoms with Crippen LogP contribution in [-0.4, -0.2) is 28.5 Å². The van der Waals surface area contributed by atoms with E-state index in [9.17, 15) is 10.2 Å². The second kappa shape index (κ2) is 7.13. The Balaban J connectivity index is 2.08. The first-order chi connectivity index (χ1) is 12.1. The standard InChI is InChI=1S/C20H25NO4/c1-4-16(13-10-11-17(24-3)18(12-13)25-5-2)21-19(22)14-8-6-7-9-15(14)20(21)23/h6,8,10-12,16,22-23H,4-5,7,9H2,1-3H3. The summed E-state index contributed by atoms with van der Waals surface area (Å²) in [5.41, 5.74) is 2.49. The second-order valence-electron chi connectivity index (χ2n) is 6.12. The maximum absolute atomic E-state index is 10.7. The molecule has 0 spiro atoms. The molecule has 1 aliphatic carbocycles. The van der Waals surface area contributed by atoms with Gasteiger partial charge in [-0.05, 0) is 43.9 Å². The van der Waals surface area contributed by atoms with Crippen molar-refractivity contribution in [1.29, 1.82) is 0 Å². The van der Waals surface area contributed by atoms with Gasteiger partial charge in [-0.2, -0.15) is 0 Å². The van der Waals surface area contributed by atoms with Crippen molar-refractivity contribution in [3.8, 4) is 23.3 Å². The molecule has 1 aliphatic rings. The largest absolute Gasteiger partial charge is 0.494 e. The van der Waals surface area contributed by atoms with E-state index in [1.165, 1.54) is 0 Å². The number of methoxy groups -OCH3 is 1. The monoisotopic (exact) mass is 343 g/mol. The van der Waals surface area contributed by atoms with E-state index in [4.69, 9.17) is 9.47 Å². The molecule has 1 aromatic heterocycles. The molecule has 0 saturated heterocycles. The molecule has 5 nitrogen and oxygen atoms in total. The van der Waals surface area contributed by atoms with Crippen LogP contribution in [0.5, 0.6) is 23.3 Å². The zero-order valence-corrected chi connectivity index (χ0v) is 15.0. The van der Waals surface area contributed by atoms with Gasteiger partial charge in [0.2, 0.25) is 5.88 Å². The molecule has 0 saturated carbocycles. The summed E-state index contributed by atoms with van der Waals surface area (Å²) in [6.07, 6.45) is 6.24. The molecule has 3 rings (SSSR count). The third-order valence-corrected chi connectivity index (χ3v) is 4.71. The maximum Gasteiger partial charge on any atom is 0.202 e. The highest BCUT2D eigenvalue weighted by Gasteiger charge is 2.27. The Morgan fingerprint density at radius 2 is 1.96 bits per heavy atom. The molecular weight excluding hydrogens is 318 g/mol. The van der Waals surface area contributed by atoms with E-state index in [-0.39, 0.29) is 17.8 Å². The lowest BCUT2D eigenvalue weighted by Gasteiger charge is -2.21. The average Bonchev–Trinajstić information content (AvgIpc) is 2.89. The second-order valence-corrected chi connectivity index (χ2v) is 6.12. The van der Waals surface area contributed by atoms with Crippen LogP contribution in [0.3, 0.4) is 0 Å². The molecule has 25 heavy (non-hydrogen) atoms. The number of benzene rings is 1. The van der Waals surface area contributed by atoms with Crippen molar-refractivity contribution in [2.24, 2.45) is 0 Å². The maximum atomic E-state index is 10.7. The number of fused-ring (bicyclic) bond motifs is 1. The molecule has 1 atom stereocenters. The lowest BCUT2D eigenvalue weighted by Crippen LogP contribution is -2.10. The van der Waals surface area contributed by atoms with Gasteiger partial charge in [0.05, 0.1) is 19.8 Å². The number of aromatic nitrogens is 1. The van der Waals surface area contributed by atoms with Crippen LogP contribution < -0.4 is 9.47 Å². The minimum Gasteiger partial charge on any atom is -0.494 e. The van der Waals surface area contributed by atoms with E-state index in [0.29, 0.717) is 18.1 Å². The fourth-order valence-corrected chi connectivity index (χ4v) is 3.51. The highest BCUT2D eigenvalue weighted by atomic mass is 16.5. The van der Waals surface area contributed by atoms with Gasteiger partial charge >= 0.3 is 0 Å². The van der Waals surface area contributed by atoms with Crippen LogP contribution in [0.15, 0.2) is 24.3 Å². The van der Waals surface area contributed by atoms with Crippen molar-refractivity contribution in [1.82, 2.24) is 4.57 Å². The number of hydrogen-bond donors (Lipinski definition) is 2. The topological polar surface area (TPSA) is 63.9 Å². The first-order valence-electron chi connectivity index (χ1n) is 8.74. The lowest BCUT2D eigenvalue weighted by atomic mass is 10.0. The number of ether oxygens (including phenoxy) is 2. The number of hydrogen-bond acceptors (Lipinski definition) is 4.